The van der Waals surface area contributed by atoms with E-state index >= 15 is 0 Å². The molecule has 0 saturated carbocycles. The van der Waals surface area contributed by atoms with Gasteiger partial charge in [0.1, 0.15) is 18.8 Å². The predicted molar refractivity (Wildman–Crippen MR) is 86.9 cm³/mol. The number of carbonyl (C=O) groups is 3. The summed E-state index contributed by atoms with van der Waals surface area (Å²) in [7, 11) is 0. The van der Waals surface area contributed by atoms with Crippen molar-refractivity contribution in [2.75, 3.05) is 13.2 Å². The lowest BCUT2D eigenvalue weighted by Crippen LogP contribution is -2.63. The number of carboxylic acid groups (broad SMARTS) is 1. The average Bonchev–Trinajstić information content (AvgIpc) is 2.55. The molecule has 26 heavy (non-hydrogen) atoms. The molecule has 10 nitrogen and oxygen atoms in total. The molecule has 1 fully saturated rings. The van der Waals surface area contributed by atoms with Crippen LogP contribution in [0.4, 0.5) is 0 Å². The zero-order chi connectivity index (χ0) is 19.7. The maximum Gasteiger partial charge on any atom is 0.303 e. The summed E-state index contributed by atoms with van der Waals surface area (Å²) in [5, 5.41) is 18.9. The molecule has 1 aliphatic rings. The van der Waals surface area contributed by atoms with Gasteiger partial charge in [0.15, 0.2) is 12.4 Å². The zero-order valence-electron chi connectivity index (χ0n) is 15.0. The van der Waals surface area contributed by atoms with Crippen molar-refractivity contribution in [3.8, 4) is 0 Å². The van der Waals surface area contributed by atoms with Crippen LogP contribution in [0.3, 0.4) is 0 Å². The van der Waals surface area contributed by atoms with Gasteiger partial charge in [-0.3, -0.25) is 14.4 Å². The molecule has 4 N–H and O–H groups in total. The monoisotopic (exact) mass is 377 g/mol. The number of aliphatic hydroxyl groups is 1. The molecule has 0 radical (unpaired) electrons. The maximum atomic E-state index is 11.2. The number of carboxylic acids is 1. The molecule has 1 aliphatic heterocycles. The average molecular weight is 377 g/mol. The van der Waals surface area contributed by atoms with E-state index in [-0.39, 0.29) is 19.6 Å². The topological polar surface area (TPSA) is 155 Å². The molecule has 150 valence electrons. The van der Waals surface area contributed by atoms with Crippen molar-refractivity contribution in [1.29, 1.82) is 0 Å². The molecule has 0 amide bonds. The largest absolute Gasteiger partial charge is 0.481 e. The Balaban J connectivity index is 2.57. The summed E-state index contributed by atoms with van der Waals surface area (Å²) in [5.74, 6) is -2.03. The lowest BCUT2D eigenvalue weighted by atomic mass is 9.97. The van der Waals surface area contributed by atoms with Crippen LogP contribution in [0, 0.1) is 0 Å². The van der Waals surface area contributed by atoms with Gasteiger partial charge in [-0.2, -0.15) is 0 Å². The Morgan fingerprint density at radius 1 is 1.12 bits per heavy atom. The van der Waals surface area contributed by atoms with Crippen molar-refractivity contribution >= 4 is 17.9 Å². The summed E-state index contributed by atoms with van der Waals surface area (Å²) in [5.41, 5.74) is 5.91. The molecule has 0 aromatic rings. The Labute approximate surface area is 151 Å². The van der Waals surface area contributed by atoms with Crippen LogP contribution in [0.15, 0.2) is 0 Å². The molecule has 0 bridgehead atoms. The fourth-order valence-corrected chi connectivity index (χ4v) is 2.52. The van der Waals surface area contributed by atoms with E-state index in [1.807, 2.05) is 0 Å². The number of aliphatic hydroxyl groups excluding tert-OH is 1. The minimum Gasteiger partial charge on any atom is -0.481 e. The van der Waals surface area contributed by atoms with Crippen LogP contribution in [0.5, 0.6) is 0 Å². The van der Waals surface area contributed by atoms with Crippen molar-refractivity contribution in [3.63, 3.8) is 0 Å². The number of nitrogens with two attached hydrogens (primary N) is 1. The molecule has 0 aromatic carbocycles. The van der Waals surface area contributed by atoms with E-state index in [1.165, 1.54) is 13.8 Å². The predicted octanol–water partition coefficient (Wildman–Crippen LogP) is -0.444. The third kappa shape index (κ3) is 7.65. The number of rotatable bonds is 10. The van der Waals surface area contributed by atoms with Gasteiger partial charge in [-0.05, 0) is 12.8 Å². The van der Waals surface area contributed by atoms with Crippen molar-refractivity contribution in [3.05, 3.63) is 0 Å². The van der Waals surface area contributed by atoms with E-state index in [9.17, 15) is 19.5 Å². The first-order valence-corrected chi connectivity index (χ1v) is 8.45. The molecule has 10 heteroatoms. The molecule has 1 rings (SSSR count). The van der Waals surface area contributed by atoms with Crippen LogP contribution in [0.1, 0.15) is 39.5 Å². The standard InChI is InChI=1S/C16H27NO9/c1-9(18)24-8-11-15(25-10(2)19)14(22)13(17)16(26-11)23-7-5-3-4-6-12(20)21/h11,13-16,22H,3-8,17H2,1-2H3,(H,20,21). The van der Waals surface area contributed by atoms with Gasteiger partial charge in [0.2, 0.25) is 0 Å². The van der Waals surface area contributed by atoms with Gasteiger partial charge in [0.25, 0.3) is 0 Å². The first-order valence-electron chi connectivity index (χ1n) is 8.45. The molecule has 5 unspecified atom stereocenters. The van der Waals surface area contributed by atoms with Crippen LogP contribution in [-0.2, 0) is 33.3 Å². The van der Waals surface area contributed by atoms with Crippen molar-refractivity contribution < 1.29 is 43.5 Å². The Kier molecular flexibility index (Phi) is 9.49. The van der Waals surface area contributed by atoms with E-state index in [4.69, 9.17) is 29.8 Å². The van der Waals surface area contributed by atoms with Crippen LogP contribution in [0.2, 0.25) is 0 Å². The van der Waals surface area contributed by atoms with E-state index in [0.29, 0.717) is 19.3 Å². The Morgan fingerprint density at radius 2 is 1.81 bits per heavy atom. The number of carbonyl (C=O) groups excluding carboxylic acids is 2. The molecule has 0 aromatic heterocycles. The van der Waals surface area contributed by atoms with Crippen molar-refractivity contribution in [2.24, 2.45) is 5.73 Å². The van der Waals surface area contributed by atoms with Gasteiger partial charge in [0, 0.05) is 26.9 Å². The van der Waals surface area contributed by atoms with Crippen LogP contribution >= 0.6 is 0 Å². The summed E-state index contributed by atoms with van der Waals surface area (Å²) < 4.78 is 21.1. The highest BCUT2D eigenvalue weighted by Crippen LogP contribution is 2.24. The molecule has 1 heterocycles. The van der Waals surface area contributed by atoms with Gasteiger partial charge in [-0.15, -0.1) is 0 Å². The van der Waals surface area contributed by atoms with E-state index in [2.05, 4.69) is 0 Å². The lowest BCUT2D eigenvalue weighted by molar-refractivity contribution is -0.271. The summed E-state index contributed by atoms with van der Waals surface area (Å²) in [6.07, 6.45) is -2.37. The van der Waals surface area contributed by atoms with Crippen LogP contribution < -0.4 is 5.73 Å². The second-order valence-electron chi connectivity index (χ2n) is 6.06. The van der Waals surface area contributed by atoms with Gasteiger partial charge in [-0.1, -0.05) is 6.42 Å². The minimum absolute atomic E-state index is 0.0900. The number of unbranched alkanes of at least 4 members (excludes halogenated alkanes) is 2. The third-order valence-corrected chi connectivity index (χ3v) is 3.79. The summed E-state index contributed by atoms with van der Waals surface area (Å²) >= 11 is 0. The van der Waals surface area contributed by atoms with Crippen LogP contribution in [-0.4, -0.2) is 72.0 Å². The van der Waals surface area contributed by atoms with Gasteiger partial charge in [-0.25, -0.2) is 0 Å². The first kappa shape index (κ1) is 22.3. The zero-order valence-corrected chi connectivity index (χ0v) is 15.0. The highest BCUT2D eigenvalue weighted by molar-refractivity contribution is 5.67. The van der Waals surface area contributed by atoms with Gasteiger partial charge in [0.05, 0.1) is 6.04 Å². The first-order chi connectivity index (χ1) is 12.2. The molecule has 0 aliphatic carbocycles. The Hall–Kier alpha value is -1.75. The Bertz CT molecular complexity index is 484. The van der Waals surface area contributed by atoms with Gasteiger partial charge >= 0.3 is 17.9 Å². The van der Waals surface area contributed by atoms with Crippen molar-refractivity contribution in [1.82, 2.24) is 0 Å². The Morgan fingerprint density at radius 3 is 2.38 bits per heavy atom. The summed E-state index contributed by atoms with van der Waals surface area (Å²) in [4.78, 5) is 32.7. The summed E-state index contributed by atoms with van der Waals surface area (Å²) in [6, 6.07) is -0.966. The maximum absolute atomic E-state index is 11.2. The van der Waals surface area contributed by atoms with Crippen LogP contribution in [0.25, 0.3) is 0 Å². The number of esters is 2. The minimum atomic E-state index is -1.26. The molecule has 5 atom stereocenters. The van der Waals surface area contributed by atoms with E-state index in [1.54, 1.807) is 0 Å². The molecular weight excluding hydrogens is 350 g/mol. The molecule has 1 saturated heterocycles. The summed E-state index contributed by atoms with van der Waals surface area (Å²) in [6.45, 7) is 2.43. The third-order valence-electron chi connectivity index (χ3n) is 3.79. The fraction of sp³-hybridized carbons (Fsp3) is 0.812. The fourth-order valence-electron chi connectivity index (χ4n) is 2.52. The van der Waals surface area contributed by atoms with E-state index in [0.717, 1.165) is 0 Å². The second kappa shape index (κ2) is 11.1. The normalized spacial score (nSPS) is 28.4. The smallest absolute Gasteiger partial charge is 0.303 e. The molecule has 0 spiro atoms. The molecular formula is C16H27NO9. The quantitative estimate of drug-likeness (QED) is 0.337. The number of hydrogen-bond donors (Lipinski definition) is 3. The highest BCUT2D eigenvalue weighted by Gasteiger charge is 2.46. The number of hydrogen-bond acceptors (Lipinski definition) is 9. The van der Waals surface area contributed by atoms with E-state index < -0.39 is 48.6 Å². The number of aliphatic carboxylic acids is 1. The highest BCUT2D eigenvalue weighted by atomic mass is 16.7. The van der Waals surface area contributed by atoms with Crippen molar-refractivity contribution in [2.45, 2.75) is 70.2 Å². The SMILES string of the molecule is CC(=O)OCC1OC(OCCCCCC(=O)O)C(N)C(O)C1OC(C)=O. The van der Waals surface area contributed by atoms with Gasteiger partial charge < -0.3 is 34.9 Å². The number of ether oxygens (including phenoxy) is 4. The second-order valence-corrected chi connectivity index (χ2v) is 6.06. The lowest BCUT2D eigenvalue weighted by Gasteiger charge is -2.42.